The minimum Gasteiger partial charge on any atom is -0.328 e. The van der Waals surface area contributed by atoms with Crippen molar-refractivity contribution in [3.63, 3.8) is 0 Å². The summed E-state index contributed by atoms with van der Waals surface area (Å²) in [5.41, 5.74) is 6.51. The highest BCUT2D eigenvalue weighted by molar-refractivity contribution is 7.89. The van der Waals surface area contributed by atoms with Gasteiger partial charge in [0.15, 0.2) is 0 Å². The molecule has 1 unspecified atom stereocenters. The van der Waals surface area contributed by atoms with E-state index in [9.17, 15) is 8.42 Å². The maximum atomic E-state index is 12.7. The fourth-order valence-corrected chi connectivity index (χ4v) is 4.60. The molecule has 0 aromatic heterocycles. The van der Waals surface area contributed by atoms with Crippen molar-refractivity contribution in [2.24, 2.45) is 11.7 Å². The van der Waals surface area contributed by atoms with E-state index in [1.165, 1.54) is 0 Å². The topological polar surface area (TPSA) is 63.4 Å². The van der Waals surface area contributed by atoms with E-state index in [0.29, 0.717) is 34.5 Å². The maximum Gasteiger partial charge on any atom is 0.243 e. The number of rotatable bonds is 3. The summed E-state index contributed by atoms with van der Waals surface area (Å²) in [4.78, 5) is 0.309. The molecule has 1 fully saturated rings. The lowest BCUT2D eigenvalue weighted by molar-refractivity contribution is 0.250. The van der Waals surface area contributed by atoms with E-state index in [4.69, 9.17) is 17.3 Å². The van der Waals surface area contributed by atoms with Gasteiger partial charge in [0.1, 0.15) is 0 Å². The normalized spacial score (nSPS) is 19.0. The summed E-state index contributed by atoms with van der Waals surface area (Å²) in [5, 5.41) is 0.483. The molecule has 0 aliphatic carbocycles. The molecular weight excluding hydrogens is 331 g/mol. The monoisotopic (exact) mass is 352 g/mol. The maximum absolute atomic E-state index is 12.7. The molecule has 4 nitrogen and oxygen atoms in total. The molecule has 1 saturated heterocycles. The van der Waals surface area contributed by atoms with Gasteiger partial charge in [-0.15, -0.1) is 12.4 Å². The van der Waals surface area contributed by atoms with Crippen molar-refractivity contribution in [1.29, 1.82) is 0 Å². The van der Waals surface area contributed by atoms with Crippen molar-refractivity contribution in [2.75, 3.05) is 13.1 Å². The Bertz CT molecular complexity index is 583. The van der Waals surface area contributed by atoms with Gasteiger partial charge in [-0.2, -0.15) is 4.31 Å². The lowest BCUT2D eigenvalue weighted by atomic mass is 9.92. The van der Waals surface area contributed by atoms with Gasteiger partial charge in [-0.1, -0.05) is 17.7 Å². The van der Waals surface area contributed by atoms with E-state index in [1.54, 1.807) is 29.4 Å². The molecule has 0 bridgehead atoms. The van der Waals surface area contributed by atoms with Crippen molar-refractivity contribution in [1.82, 2.24) is 4.31 Å². The Kier molecular flexibility index (Phi) is 6.50. The molecule has 1 heterocycles. The first kappa shape index (κ1) is 18.7. The molecular formula is C14H22Cl2N2O2S. The van der Waals surface area contributed by atoms with E-state index in [2.05, 4.69) is 0 Å². The summed E-state index contributed by atoms with van der Waals surface area (Å²) in [6, 6.07) is 5.12. The highest BCUT2D eigenvalue weighted by Gasteiger charge is 2.31. The molecule has 1 aromatic carbocycles. The van der Waals surface area contributed by atoms with Gasteiger partial charge in [-0.3, -0.25) is 0 Å². The molecule has 1 aromatic rings. The van der Waals surface area contributed by atoms with Gasteiger partial charge in [0.2, 0.25) is 10.0 Å². The van der Waals surface area contributed by atoms with Crippen LogP contribution in [0.15, 0.2) is 23.1 Å². The quantitative estimate of drug-likeness (QED) is 0.909. The number of benzene rings is 1. The van der Waals surface area contributed by atoms with Crippen molar-refractivity contribution in [2.45, 2.75) is 37.6 Å². The van der Waals surface area contributed by atoms with Crippen LogP contribution in [0, 0.1) is 12.8 Å². The lowest BCUT2D eigenvalue weighted by Gasteiger charge is -2.33. The summed E-state index contributed by atoms with van der Waals surface area (Å²) in [7, 11) is -3.46. The molecule has 7 heteroatoms. The Balaban J connectivity index is 0.00000220. The first-order valence-corrected chi connectivity index (χ1v) is 8.66. The molecule has 2 rings (SSSR count). The largest absolute Gasteiger partial charge is 0.328 e. The van der Waals surface area contributed by atoms with Crippen LogP contribution in [0.4, 0.5) is 0 Å². The van der Waals surface area contributed by atoms with Gasteiger partial charge in [-0.25, -0.2) is 8.42 Å². The van der Waals surface area contributed by atoms with Gasteiger partial charge in [0.25, 0.3) is 0 Å². The number of hydrogen-bond donors (Lipinski definition) is 1. The van der Waals surface area contributed by atoms with Gasteiger partial charge in [-0.05, 0) is 50.3 Å². The van der Waals surface area contributed by atoms with Crippen molar-refractivity contribution in [3.05, 3.63) is 28.8 Å². The van der Waals surface area contributed by atoms with Crippen LogP contribution in [0.25, 0.3) is 0 Å². The van der Waals surface area contributed by atoms with E-state index < -0.39 is 10.0 Å². The van der Waals surface area contributed by atoms with E-state index in [-0.39, 0.29) is 18.4 Å². The number of halogens is 2. The number of nitrogens with zero attached hydrogens (tertiary/aromatic N) is 1. The predicted molar refractivity (Wildman–Crippen MR) is 88.6 cm³/mol. The first-order chi connectivity index (χ1) is 9.34. The fraction of sp³-hybridized carbons (Fsp3) is 0.571. The third kappa shape index (κ3) is 3.90. The van der Waals surface area contributed by atoms with Crippen LogP contribution in [-0.2, 0) is 10.0 Å². The number of piperidine rings is 1. The van der Waals surface area contributed by atoms with Crippen LogP contribution in [0.2, 0.25) is 5.02 Å². The Labute approximate surface area is 138 Å². The van der Waals surface area contributed by atoms with Crippen molar-refractivity contribution in [3.8, 4) is 0 Å². The Morgan fingerprint density at radius 2 is 1.90 bits per heavy atom. The van der Waals surface area contributed by atoms with Crippen LogP contribution >= 0.6 is 24.0 Å². The Hall–Kier alpha value is -0.330. The molecule has 0 saturated carbocycles. The van der Waals surface area contributed by atoms with Gasteiger partial charge < -0.3 is 5.73 Å². The van der Waals surface area contributed by atoms with Crippen LogP contribution < -0.4 is 5.73 Å². The van der Waals surface area contributed by atoms with E-state index in [1.807, 2.05) is 6.92 Å². The van der Waals surface area contributed by atoms with Gasteiger partial charge in [0, 0.05) is 24.2 Å². The van der Waals surface area contributed by atoms with E-state index >= 15 is 0 Å². The summed E-state index contributed by atoms with van der Waals surface area (Å²) in [6.45, 7) is 4.78. The first-order valence-electron chi connectivity index (χ1n) is 6.85. The van der Waals surface area contributed by atoms with Crippen LogP contribution in [0.5, 0.6) is 0 Å². The molecule has 2 N–H and O–H groups in total. The van der Waals surface area contributed by atoms with Crippen molar-refractivity contribution < 1.29 is 8.42 Å². The molecule has 0 amide bonds. The number of sulfonamides is 1. The number of nitrogens with two attached hydrogens (primary N) is 1. The summed E-state index contributed by atoms with van der Waals surface area (Å²) >= 11 is 6.02. The summed E-state index contributed by atoms with van der Waals surface area (Å²) in [6.07, 6.45) is 1.63. The zero-order chi connectivity index (χ0) is 14.9. The number of hydrogen-bond acceptors (Lipinski definition) is 3. The van der Waals surface area contributed by atoms with Crippen LogP contribution in [-0.4, -0.2) is 31.9 Å². The zero-order valence-electron chi connectivity index (χ0n) is 12.3. The average Bonchev–Trinajstić information content (AvgIpc) is 2.41. The van der Waals surface area contributed by atoms with E-state index in [0.717, 1.165) is 12.8 Å². The third-order valence-electron chi connectivity index (χ3n) is 4.08. The highest BCUT2D eigenvalue weighted by Crippen LogP contribution is 2.29. The van der Waals surface area contributed by atoms with Crippen LogP contribution in [0.3, 0.4) is 0 Å². The highest BCUT2D eigenvalue weighted by atomic mass is 35.5. The predicted octanol–water partition coefficient (Wildman–Crippen LogP) is 2.82. The summed E-state index contributed by atoms with van der Waals surface area (Å²) in [5.74, 6) is 0.405. The second-order valence-electron chi connectivity index (χ2n) is 5.46. The fourth-order valence-electron chi connectivity index (χ4n) is 2.65. The average molecular weight is 353 g/mol. The van der Waals surface area contributed by atoms with Gasteiger partial charge >= 0.3 is 0 Å². The molecule has 0 radical (unpaired) electrons. The standard InChI is InChI=1S/C14H21ClN2O2S.ClH/c1-10-13(15)4-3-5-14(10)20(18,19)17-8-6-12(7-9-17)11(2)16;/h3-5,11-12H,6-9,16H2,1-2H3;1H. The minimum absolute atomic E-state index is 0. The second kappa shape index (κ2) is 7.29. The molecule has 120 valence electrons. The second-order valence-corrected chi connectivity index (χ2v) is 7.78. The minimum atomic E-state index is -3.46. The zero-order valence-corrected chi connectivity index (χ0v) is 14.6. The summed E-state index contributed by atoms with van der Waals surface area (Å²) < 4.78 is 26.9. The lowest BCUT2D eigenvalue weighted by Crippen LogP contribution is -2.42. The van der Waals surface area contributed by atoms with Crippen LogP contribution in [0.1, 0.15) is 25.3 Å². The molecule has 1 aliphatic rings. The molecule has 1 atom stereocenters. The molecule has 21 heavy (non-hydrogen) atoms. The SMILES string of the molecule is Cc1c(Cl)cccc1S(=O)(=O)N1CCC(C(C)N)CC1.Cl. The smallest absolute Gasteiger partial charge is 0.243 e. The molecule has 1 aliphatic heterocycles. The Morgan fingerprint density at radius 1 is 1.33 bits per heavy atom. The van der Waals surface area contributed by atoms with Crippen molar-refractivity contribution >= 4 is 34.0 Å². The Morgan fingerprint density at radius 3 is 2.43 bits per heavy atom. The third-order valence-corrected chi connectivity index (χ3v) is 6.53. The van der Waals surface area contributed by atoms with Gasteiger partial charge in [0.05, 0.1) is 4.90 Å². The molecule has 0 spiro atoms.